The number of rotatable bonds is 3. The van der Waals surface area contributed by atoms with Crippen molar-refractivity contribution in [3.63, 3.8) is 0 Å². The van der Waals surface area contributed by atoms with Crippen LogP contribution in [0.25, 0.3) is 11.1 Å². The first-order valence-electron chi connectivity index (χ1n) is 7.20. The molecule has 0 saturated heterocycles. The second-order valence-corrected chi connectivity index (χ2v) is 6.28. The van der Waals surface area contributed by atoms with E-state index in [9.17, 15) is 4.79 Å². The third-order valence-corrected chi connectivity index (χ3v) is 3.21. The lowest BCUT2D eigenvalue weighted by atomic mass is 10.0. The zero-order valence-electron chi connectivity index (χ0n) is 12.9. The maximum atomic E-state index is 11.8. The fraction of sp³-hybridized carbons (Fsp3) is 0.278. The number of benzene rings is 2. The molecule has 0 spiro atoms. The maximum absolute atomic E-state index is 11.8. The predicted molar refractivity (Wildman–Crippen MR) is 82.7 cm³/mol. The Balaban J connectivity index is 1.72. The average molecular weight is 298 g/mol. The van der Waals surface area contributed by atoms with Gasteiger partial charge in [-0.15, -0.1) is 0 Å². The van der Waals surface area contributed by atoms with E-state index in [0.29, 0.717) is 11.5 Å². The van der Waals surface area contributed by atoms with Gasteiger partial charge in [0.25, 0.3) is 0 Å². The molecule has 0 N–H and O–H groups in total. The number of hydrogen-bond donors (Lipinski definition) is 0. The Morgan fingerprint density at radius 1 is 1.05 bits per heavy atom. The zero-order chi connectivity index (χ0) is 15.7. The van der Waals surface area contributed by atoms with Crippen LogP contribution >= 0.6 is 0 Å². The van der Waals surface area contributed by atoms with E-state index in [2.05, 4.69) is 0 Å². The summed E-state index contributed by atoms with van der Waals surface area (Å²) in [4.78, 5) is 22.0. The normalized spacial score (nSPS) is 12.5. The van der Waals surface area contributed by atoms with E-state index >= 15 is 0 Å². The van der Waals surface area contributed by atoms with E-state index in [1.165, 1.54) is 0 Å². The number of esters is 1. The molecule has 1 aliphatic rings. The van der Waals surface area contributed by atoms with Crippen molar-refractivity contribution in [3.05, 3.63) is 48.0 Å². The monoisotopic (exact) mass is 298 g/mol. The van der Waals surface area contributed by atoms with Crippen LogP contribution in [0.2, 0.25) is 0 Å². The number of hydrogen-bond acceptors (Lipinski definition) is 4. The van der Waals surface area contributed by atoms with Crippen molar-refractivity contribution < 1.29 is 19.3 Å². The van der Waals surface area contributed by atoms with Gasteiger partial charge in [-0.25, -0.2) is 0 Å². The molecule has 2 aromatic carbocycles. The number of carbonyl (C=O) groups excluding carboxylic acids is 1. The SMILES string of the molecule is CC(C)(C)OC(=O)Cc1ccc(-c2ccc3cc2OO3)cc1. The van der Waals surface area contributed by atoms with Crippen LogP contribution in [-0.4, -0.2) is 11.6 Å². The molecule has 22 heavy (non-hydrogen) atoms. The second kappa shape index (κ2) is 5.37. The fourth-order valence-corrected chi connectivity index (χ4v) is 2.30. The Kier molecular flexibility index (Phi) is 3.53. The third kappa shape index (κ3) is 3.22. The summed E-state index contributed by atoms with van der Waals surface area (Å²) in [5, 5.41) is 0. The topological polar surface area (TPSA) is 44.8 Å². The van der Waals surface area contributed by atoms with Crippen molar-refractivity contribution >= 4 is 5.97 Å². The standard InChI is InChI=1S/C18H18O4/c1-18(2,3)20-17(19)10-12-4-6-13(7-5-12)15-9-8-14-11-16(15)22-21-14/h4-9,11H,10H2,1-3H3. The minimum Gasteiger partial charge on any atom is -0.460 e. The van der Waals surface area contributed by atoms with Crippen molar-refractivity contribution in [3.8, 4) is 22.6 Å². The van der Waals surface area contributed by atoms with Gasteiger partial charge in [-0.3, -0.25) is 14.6 Å². The lowest BCUT2D eigenvalue weighted by Crippen LogP contribution is -2.24. The maximum Gasteiger partial charge on any atom is 0.310 e. The van der Waals surface area contributed by atoms with Gasteiger partial charge in [-0.2, -0.15) is 0 Å². The highest BCUT2D eigenvalue weighted by molar-refractivity contribution is 5.75. The second-order valence-electron chi connectivity index (χ2n) is 6.28. The lowest BCUT2D eigenvalue weighted by Gasteiger charge is -2.19. The highest BCUT2D eigenvalue weighted by atomic mass is 17.2. The van der Waals surface area contributed by atoms with Crippen LogP contribution in [0.5, 0.6) is 11.5 Å². The van der Waals surface area contributed by atoms with Crippen molar-refractivity contribution in [2.45, 2.75) is 32.8 Å². The molecule has 0 saturated carbocycles. The predicted octanol–water partition coefficient (Wildman–Crippen LogP) is 3.92. The van der Waals surface area contributed by atoms with Gasteiger partial charge in [-0.1, -0.05) is 24.3 Å². The van der Waals surface area contributed by atoms with E-state index in [1.807, 2.05) is 63.2 Å². The number of carbonyl (C=O) groups is 1. The molecule has 3 rings (SSSR count). The number of fused-ring (bicyclic) bond motifs is 2. The highest BCUT2D eigenvalue weighted by Gasteiger charge is 2.18. The summed E-state index contributed by atoms with van der Waals surface area (Å²) in [5.74, 6) is 1.19. The van der Waals surface area contributed by atoms with Crippen molar-refractivity contribution in [1.29, 1.82) is 0 Å². The summed E-state index contributed by atoms with van der Waals surface area (Å²) in [6.07, 6.45) is 0.267. The summed E-state index contributed by atoms with van der Waals surface area (Å²) in [5.41, 5.74) is 2.44. The minimum absolute atomic E-state index is 0.222. The van der Waals surface area contributed by atoms with Gasteiger partial charge in [-0.05, 0) is 44.0 Å². The van der Waals surface area contributed by atoms with E-state index in [4.69, 9.17) is 14.5 Å². The summed E-state index contributed by atoms with van der Waals surface area (Å²) in [6, 6.07) is 13.5. The van der Waals surface area contributed by atoms with Gasteiger partial charge in [0.2, 0.25) is 0 Å². The van der Waals surface area contributed by atoms with Gasteiger partial charge in [0, 0.05) is 11.6 Å². The molecule has 4 heteroatoms. The molecule has 0 fully saturated rings. The van der Waals surface area contributed by atoms with Crippen molar-refractivity contribution in [2.24, 2.45) is 0 Å². The zero-order valence-corrected chi connectivity index (χ0v) is 12.9. The highest BCUT2D eigenvalue weighted by Crippen LogP contribution is 2.37. The van der Waals surface area contributed by atoms with E-state index in [1.54, 1.807) is 0 Å². The van der Waals surface area contributed by atoms with Crippen LogP contribution in [0.3, 0.4) is 0 Å². The van der Waals surface area contributed by atoms with Crippen LogP contribution in [0.4, 0.5) is 0 Å². The van der Waals surface area contributed by atoms with Crippen LogP contribution in [-0.2, 0) is 16.0 Å². The molecule has 2 bridgehead atoms. The molecule has 0 unspecified atom stereocenters. The Morgan fingerprint density at radius 3 is 2.45 bits per heavy atom. The average Bonchev–Trinajstić information content (AvgIpc) is 2.80. The van der Waals surface area contributed by atoms with Crippen LogP contribution in [0.1, 0.15) is 26.3 Å². The molecule has 0 amide bonds. The first-order valence-corrected chi connectivity index (χ1v) is 7.20. The van der Waals surface area contributed by atoms with E-state index < -0.39 is 5.60 Å². The molecule has 0 aliphatic carbocycles. The fourth-order valence-electron chi connectivity index (χ4n) is 2.30. The van der Waals surface area contributed by atoms with Gasteiger partial charge < -0.3 is 4.74 Å². The van der Waals surface area contributed by atoms with Crippen LogP contribution in [0, 0.1) is 0 Å². The largest absolute Gasteiger partial charge is 0.460 e. The minimum atomic E-state index is -0.458. The van der Waals surface area contributed by atoms with Gasteiger partial charge >= 0.3 is 5.97 Å². The summed E-state index contributed by atoms with van der Waals surface area (Å²) in [6.45, 7) is 5.59. The van der Waals surface area contributed by atoms with Crippen molar-refractivity contribution in [1.82, 2.24) is 0 Å². The lowest BCUT2D eigenvalue weighted by molar-refractivity contribution is -0.153. The summed E-state index contributed by atoms with van der Waals surface area (Å²) >= 11 is 0. The van der Waals surface area contributed by atoms with Gasteiger partial charge in [0.1, 0.15) is 5.60 Å². The molecular weight excluding hydrogens is 280 g/mol. The molecular formula is C18H18O4. The Labute approximate surface area is 129 Å². The van der Waals surface area contributed by atoms with E-state index in [-0.39, 0.29) is 12.4 Å². The summed E-state index contributed by atoms with van der Waals surface area (Å²) < 4.78 is 5.32. The molecule has 0 radical (unpaired) electrons. The molecule has 4 nitrogen and oxygen atoms in total. The van der Waals surface area contributed by atoms with Gasteiger partial charge in [0.05, 0.1) is 6.42 Å². The van der Waals surface area contributed by atoms with Crippen LogP contribution < -0.4 is 9.78 Å². The Hall–Kier alpha value is -2.49. The number of ether oxygens (including phenoxy) is 1. The third-order valence-electron chi connectivity index (χ3n) is 3.21. The Morgan fingerprint density at radius 2 is 1.77 bits per heavy atom. The molecule has 0 aromatic heterocycles. The van der Waals surface area contributed by atoms with E-state index in [0.717, 1.165) is 16.7 Å². The molecule has 2 aromatic rings. The van der Waals surface area contributed by atoms with Gasteiger partial charge in [0.15, 0.2) is 11.5 Å². The molecule has 1 heterocycles. The Bertz CT molecular complexity index is 696. The molecule has 0 atom stereocenters. The molecule has 1 aliphatic heterocycles. The first kappa shape index (κ1) is 14.4. The quantitative estimate of drug-likeness (QED) is 0.636. The first-order chi connectivity index (χ1) is 10.4. The molecule has 114 valence electrons. The smallest absolute Gasteiger partial charge is 0.310 e. The van der Waals surface area contributed by atoms with Crippen molar-refractivity contribution in [2.75, 3.05) is 0 Å². The van der Waals surface area contributed by atoms with Crippen LogP contribution in [0.15, 0.2) is 42.5 Å². The summed E-state index contributed by atoms with van der Waals surface area (Å²) in [7, 11) is 0.